The normalized spacial score (nSPS) is 11.0. The highest BCUT2D eigenvalue weighted by molar-refractivity contribution is 14.0. The Morgan fingerprint density at radius 2 is 2.07 bits per heavy atom. The van der Waals surface area contributed by atoms with Crippen LogP contribution in [0.25, 0.3) is 5.82 Å². The van der Waals surface area contributed by atoms with Crippen molar-refractivity contribution < 1.29 is 0 Å². The predicted octanol–water partition coefficient (Wildman–Crippen LogP) is 3.45. The van der Waals surface area contributed by atoms with Gasteiger partial charge in [-0.2, -0.15) is 0 Å². The summed E-state index contributed by atoms with van der Waals surface area (Å²) in [6, 6.07) is 11.9. The van der Waals surface area contributed by atoms with Crippen molar-refractivity contribution in [3.8, 4) is 5.82 Å². The zero-order valence-electron chi connectivity index (χ0n) is 15.0. The Bertz CT molecular complexity index is 849. The number of hydrogen-bond donors (Lipinski definition) is 2. The Balaban J connectivity index is 0.00000261. The highest BCUT2D eigenvalue weighted by Crippen LogP contribution is 2.10. The van der Waals surface area contributed by atoms with Crippen LogP contribution in [0.15, 0.2) is 66.3 Å². The molecule has 0 aliphatic carbocycles. The first-order valence-electron chi connectivity index (χ1n) is 8.37. The molecular formula is C19H22ClIN6. The van der Waals surface area contributed by atoms with Crippen LogP contribution in [0.2, 0.25) is 5.02 Å². The second-order valence-electron chi connectivity index (χ2n) is 5.73. The van der Waals surface area contributed by atoms with Gasteiger partial charge in [-0.05, 0) is 35.7 Å². The fourth-order valence-electron chi connectivity index (χ4n) is 2.49. The van der Waals surface area contributed by atoms with E-state index in [1.54, 1.807) is 19.6 Å². The summed E-state index contributed by atoms with van der Waals surface area (Å²) < 4.78 is 1.87. The standard InChI is InChI=1S/C19H21ClN6.HI/c1-21-19(23-8-7-15-3-2-4-17(20)11-15)25-13-16-5-6-18(24-12-16)26-10-9-22-14-26;/h2-6,9-12,14H,7-8,13H2,1H3,(H2,21,23,25);1H. The van der Waals surface area contributed by atoms with Crippen LogP contribution in [0.1, 0.15) is 11.1 Å². The number of aromatic nitrogens is 3. The van der Waals surface area contributed by atoms with Gasteiger partial charge in [0.05, 0.1) is 0 Å². The van der Waals surface area contributed by atoms with Crippen LogP contribution in [0.3, 0.4) is 0 Å². The van der Waals surface area contributed by atoms with Gasteiger partial charge in [0.25, 0.3) is 0 Å². The molecule has 0 spiro atoms. The average Bonchev–Trinajstić information content (AvgIpc) is 3.20. The number of benzene rings is 1. The largest absolute Gasteiger partial charge is 0.356 e. The van der Waals surface area contributed by atoms with Crippen molar-refractivity contribution in [2.75, 3.05) is 13.6 Å². The van der Waals surface area contributed by atoms with Crippen LogP contribution in [-0.4, -0.2) is 34.1 Å². The minimum Gasteiger partial charge on any atom is -0.356 e. The predicted molar refractivity (Wildman–Crippen MR) is 120 cm³/mol. The van der Waals surface area contributed by atoms with E-state index in [2.05, 4.69) is 31.7 Å². The Labute approximate surface area is 181 Å². The van der Waals surface area contributed by atoms with E-state index in [0.29, 0.717) is 6.54 Å². The summed E-state index contributed by atoms with van der Waals surface area (Å²) in [4.78, 5) is 12.7. The number of guanidine groups is 1. The number of nitrogens with one attached hydrogen (secondary N) is 2. The minimum absolute atomic E-state index is 0. The van der Waals surface area contributed by atoms with Gasteiger partial charge < -0.3 is 10.6 Å². The van der Waals surface area contributed by atoms with Gasteiger partial charge in [0, 0.05) is 43.8 Å². The molecule has 142 valence electrons. The minimum atomic E-state index is 0. The zero-order chi connectivity index (χ0) is 18.2. The van der Waals surface area contributed by atoms with Crippen molar-refractivity contribution in [2.45, 2.75) is 13.0 Å². The highest BCUT2D eigenvalue weighted by atomic mass is 127. The van der Waals surface area contributed by atoms with Crippen LogP contribution in [-0.2, 0) is 13.0 Å². The zero-order valence-corrected chi connectivity index (χ0v) is 18.1. The molecule has 2 aromatic heterocycles. The van der Waals surface area contributed by atoms with E-state index in [-0.39, 0.29) is 24.0 Å². The van der Waals surface area contributed by atoms with Gasteiger partial charge in [-0.1, -0.05) is 29.8 Å². The maximum Gasteiger partial charge on any atom is 0.191 e. The third-order valence-corrected chi connectivity index (χ3v) is 4.09. The molecule has 0 saturated heterocycles. The molecule has 3 aromatic rings. The molecule has 0 radical (unpaired) electrons. The first kappa shape index (κ1) is 21.2. The van der Waals surface area contributed by atoms with Gasteiger partial charge in [-0.15, -0.1) is 24.0 Å². The Kier molecular flexibility index (Phi) is 8.53. The first-order chi connectivity index (χ1) is 12.7. The highest BCUT2D eigenvalue weighted by Gasteiger charge is 2.01. The molecule has 0 saturated carbocycles. The van der Waals surface area contributed by atoms with Gasteiger partial charge in [-0.3, -0.25) is 9.56 Å². The van der Waals surface area contributed by atoms with Crippen molar-refractivity contribution in [3.63, 3.8) is 0 Å². The van der Waals surface area contributed by atoms with Gasteiger partial charge >= 0.3 is 0 Å². The van der Waals surface area contributed by atoms with E-state index in [1.807, 2.05) is 47.3 Å². The molecule has 2 heterocycles. The quantitative estimate of drug-likeness (QED) is 0.312. The number of pyridine rings is 1. The summed E-state index contributed by atoms with van der Waals surface area (Å²) in [6.07, 6.45) is 8.05. The van der Waals surface area contributed by atoms with E-state index >= 15 is 0 Å². The topological polar surface area (TPSA) is 67.1 Å². The summed E-state index contributed by atoms with van der Waals surface area (Å²) >= 11 is 6.01. The third-order valence-electron chi connectivity index (χ3n) is 3.86. The lowest BCUT2D eigenvalue weighted by molar-refractivity contribution is 0.792. The summed E-state index contributed by atoms with van der Waals surface area (Å²) in [6.45, 7) is 1.42. The second-order valence-corrected chi connectivity index (χ2v) is 6.16. The molecule has 0 fully saturated rings. The van der Waals surface area contributed by atoms with Gasteiger partial charge in [0.2, 0.25) is 0 Å². The van der Waals surface area contributed by atoms with Gasteiger partial charge in [-0.25, -0.2) is 9.97 Å². The number of nitrogens with zero attached hydrogens (tertiary/aromatic N) is 4. The summed E-state index contributed by atoms with van der Waals surface area (Å²) in [5.74, 6) is 1.60. The number of imidazole rings is 1. The van der Waals surface area contributed by atoms with E-state index in [0.717, 1.165) is 35.3 Å². The lowest BCUT2D eigenvalue weighted by Gasteiger charge is -2.12. The summed E-state index contributed by atoms with van der Waals surface area (Å²) in [5, 5.41) is 7.36. The second kappa shape index (κ2) is 10.9. The number of hydrogen-bond acceptors (Lipinski definition) is 3. The average molecular weight is 497 g/mol. The summed E-state index contributed by atoms with van der Waals surface area (Å²) in [7, 11) is 1.76. The first-order valence-corrected chi connectivity index (χ1v) is 8.74. The maximum atomic E-state index is 6.01. The molecule has 6 nitrogen and oxygen atoms in total. The van der Waals surface area contributed by atoms with Gasteiger partial charge in [0.1, 0.15) is 12.1 Å². The summed E-state index contributed by atoms with van der Waals surface area (Å²) in [5.41, 5.74) is 2.27. The van der Waals surface area contributed by atoms with Crippen molar-refractivity contribution in [1.82, 2.24) is 25.2 Å². The molecule has 1 aromatic carbocycles. The molecule has 2 N–H and O–H groups in total. The Morgan fingerprint density at radius 3 is 2.74 bits per heavy atom. The van der Waals surface area contributed by atoms with Crippen molar-refractivity contribution >= 4 is 41.5 Å². The van der Waals surface area contributed by atoms with E-state index < -0.39 is 0 Å². The Morgan fingerprint density at radius 1 is 1.19 bits per heavy atom. The molecule has 0 amide bonds. The van der Waals surface area contributed by atoms with Crippen molar-refractivity contribution in [1.29, 1.82) is 0 Å². The lowest BCUT2D eigenvalue weighted by Crippen LogP contribution is -2.37. The Hall–Kier alpha value is -2.13. The molecule has 0 aliphatic rings. The van der Waals surface area contributed by atoms with E-state index in [9.17, 15) is 0 Å². The molecule has 0 unspecified atom stereocenters. The van der Waals surface area contributed by atoms with E-state index in [4.69, 9.17) is 11.6 Å². The number of rotatable bonds is 6. The number of aliphatic imine (C=N–C) groups is 1. The van der Waals surface area contributed by atoms with Crippen LogP contribution >= 0.6 is 35.6 Å². The monoisotopic (exact) mass is 496 g/mol. The molecule has 0 aliphatic heterocycles. The molecular weight excluding hydrogens is 475 g/mol. The molecule has 0 bridgehead atoms. The van der Waals surface area contributed by atoms with Gasteiger partial charge in [0.15, 0.2) is 5.96 Å². The molecule has 8 heteroatoms. The van der Waals surface area contributed by atoms with Crippen LogP contribution < -0.4 is 10.6 Å². The SMILES string of the molecule is CN=C(NCCc1cccc(Cl)c1)NCc1ccc(-n2ccnc2)nc1.I. The molecule has 27 heavy (non-hydrogen) atoms. The van der Waals surface area contributed by atoms with E-state index in [1.165, 1.54) is 5.56 Å². The fourth-order valence-corrected chi connectivity index (χ4v) is 2.71. The van der Waals surface area contributed by atoms with Crippen molar-refractivity contribution in [3.05, 3.63) is 77.5 Å². The molecule has 0 atom stereocenters. The lowest BCUT2D eigenvalue weighted by atomic mass is 10.1. The van der Waals surface area contributed by atoms with Crippen LogP contribution in [0, 0.1) is 0 Å². The molecule has 3 rings (SSSR count). The van der Waals surface area contributed by atoms with Crippen LogP contribution in [0.5, 0.6) is 0 Å². The fraction of sp³-hybridized carbons (Fsp3) is 0.211. The van der Waals surface area contributed by atoms with Crippen LogP contribution in [0.4, 0.5) is 0 Å². The number of halogens is 2. The maximum absolute atomic E-state index is 6.01. The third kappa shape index (κ3) is 6.51. The van der Waals surface area contributed by atoms with Crippen molar-refractivity contribution in [2.24, 2.45) is 4.99 Å². The smallest absolute Gasteiger partial charge is 0.191 e.